The van der Waals surface area contributed by atoms with Crippen LogP contribution in [0.25, 0.3) is 22.3 Å². The fourth-order valence-corrected chi connectivity index (χ4v) is 10.7. The molecule has 13 heteroatoms. The second kappa shape index (κ2) is 11.9. The van der Waals surface area contributed by atoms with E-state index in [0.29, 0.717) is 35.3 Å². The Balaban J connectivity index is 1.33. The number of amides is 1. The smallest absolute Gasteiger partial charge is 0.407 e. The number of fused-ring (bicyclic) bond motifs is 5. The van der Waals surface area contributed by atoms with Gasteiger partial charge >= 0.3 is 12.1 Å². The molecule has 4 aliphatic rings. The molecule has 1 aromatic carbocycles. The maximum Gasteiger partial charge on any atom is 0.407 e. The summed E-state index contributed by atoms with van der Waals surface area (Å²) < 4.78 is 28.1. The van der Waals surface area contributed by atoms with E-state index in [1.807, 2.05) is 0 Å². The average molecular weight is 672 g/mol. The Morgan fingerprint density at radius 2 is 2.02 bits per heavy atom. The van der Waals surface area contributed by atoms with Gasteiger partial charge in [-0.05, 0) is 68.2 Å². The standard InChI is InChI=1S/C32H35FN3O6PS2/c1-3-32(40)19-11-23-28-17(13-36(23)29(37)18(19)14-41-30(32)38)27-21(10-9-16-15(2)20(33)12-22(34-28)26(16)27)35-31(39)42-24-7-5-4-6-8-25(24)44-45-43/h11-12,21,24-25,40H,3-10,13-14,43H2,1-2H3,(H,35,39)/t21-,24-,25-,32-/m0/s1. The monoisotopic (exact) mass is 671 g/mol. The third-order valence-electron chi connectivity index (χ3n) is 10.00. The summed E-state index contributed by atoms with van der Waals surface area (Å²) in [5.41, 5.74) is 2.43. The molecule has 1 fully saturated rings. The van der Waals surface area contributed by atoms with Gasteiger partial charge in [-0.15, -0.1) is 0 Å². The van der Waals surface area contributed by atoms with Crippen molar-refractivity contribution in [2.75, 3.05) is 0 Å². The van der Waals surface area contributed by atoms with Crippen molar-refractivity contribution < 1.29 is 28.6 Å². The molecule has 3 aromatic rings. The first-order valence-corrected chi connectivity index (χ1v) is 19.2. The van der Waals surface area contributed by atoms with E-state index >= 15 is 4.39 Å². The lowest BCUT2D eigenvalue weighted by atomic mass is 9.81. The van der Waals surface area contributed by atoms with Crippen molar-refractivity contribution in [1.82, 2.24) is 14.9 Å². The summed E-state index contributed by atoms with van der Waals surface area (Å²) in [7, 11) is 5.99. The number of halogens is 1. The Bertz CT molecular complexity index is 1820. The highest BCUT2D eigenvalue weighted by atomic mass is 33.3. The molecule has 1 saturated carbocycles. The predicted octanol–water partition coefficient (Wildman–Crippen LogP) is 6.11. The molecule has 2 N–H and O–H groups in total. The van der Waals surface area contributed by atoms with Gasteiger partial charge in [0.1, 0.15) is 18.5 Å². The van der Waals surface area contributed by atoms with E-state index in [1.165, 1.54) is 6.07 Å². The fourth-order valence-electron chi connectivity index (χ4n) is 7.57. The van der Waals surface area contributed by atoms with E-state index in [1.54, 1.807) is 45.7 Å². The summed E-state index contributed by atoms with van der Waals surface area (Å²) in [4.78, 5) is 44.9. The molecule has 7 rings (SSSR count). The van der Waals surface area contributed by atoms with Crippen molar-refractivity contribution in [3.05, 3.63) is 61.7 Å². The molecule has 0 bridgehead atoms. The van der Waals surface area contributed by atoms with Gasteiger partial charge in [-0.25, -0.2) is 19.0 Å². The zero-order valence-electron chi connectivity index (χ0n) is 25.1. The quantitative estimate of drug-likeness (QED) is 0.112. The third-order valence-corrected chi connectivity index (χ3v) is 13.0. The number of nitrogens with zero attached hydrogens (tertiary/aromatic N) is 2. The van der Waals surface area contributed by atoms with E-state index in [9.17, 15) is 19.5 Å². The highest BCUT2D eigenvalue weighted by Crippen LogP contribution is 2.46. The third kappa shape index (κ3) is 4.98. The number of hydrogen-bond acceptors (Lipinski definition) is 9. The summed E-state index contributed by atoms with van der Waals surface area (Å²) in [6.07, 6.45) is 5.48. The first-order valence-electron chi connectivity index (χ1n) is 15.5. The minimum atomic E-state index is -1.95. The largest absolute Gasteiger partial charge is 0.458 e. The lowest BCUT2D eigenvalue weighted by molar-refractivity contribution is -0.172. The van der Waals surface area contributed by atoms with Crippen molar-refractivity contribution in [3.63, 3.8) is 0 Å². The van der Waals surface area contributed by atoms with Crippen LogP contribution < -0.4 is 10.9 Å². The number of pyridine rings is 2. The Hall–Kier alpha value is -2.66. The molecule has 4 heterocycles. The van der Waals surface area contributed by atoms with Gasteiger partial charge in [-0.3, -0.25) is 4.79 Å². The van der Waals surface area contributed by atoms with Gasteiger partial charge in [-0.1, -0.05) is 49.4 Å². The number of cyclic esters (lactones) is 1. The van der Waals surface area contributed by atoms with Crippen molar-refractivity contribution >= 4 is 52.6 Å². The number of esters is 1. The van der Waals surface area contributed by atoms with Crippen molar-refractivity contribution in [2.45, 2.75) is 101 Å². The highest BCUT2D eigenvalue weighted by molar-refractivity contribution is 8.94. The van der Waals surface area contributed by atoms with E-state index in [2.05, 4.69) is 13.8 Å². The topological polar surface area (TPSA) is 120 Å². The molecule has 1 unspecified atom stereocenters. The van der Waals surface area contributed by atoms with Crippen LogP contribution >= 0.6 is 29.6 Å². The van der Waals surface area contributed by atoms with Gasteiger partial charge < -0.3 is 24.5 Å². The molecule has 0 radical (unpaired) electrons. The Morgan fingerprint density at radius 1 is 1.22 bits per heavy atom. The van der Waals surface area contributed by atoms with Crippen molar-refractivity contribution in [3.8, 4) is 11.4 Å². The SMILES string of the molecule is CC[C@@]1(O)C(=O)OCc2c1cc1n(c2=O)Cc2c-1nc1cc(F)c(C)c3c1c2[C@@H](NC(=O)O[C@H]1CCCCC[C@@H]1SSP)CC3. The number of aromatic nitrogens is 2. The molecule has 5 atom stereocenters. The van der Waals surface area contributed by atoms with Gasteiger partial charge in [0.2, 0.25) is 0 Å². The minimum absolute atomic E-state index is 0.0308. The molecule has 2 aliphatic heterocycles. The van der Waals surface area contributed by atoms with E-state index in [-0.39, 0.29) is 53.4 Å². The minimum Gasteiger partial charge on any atom is -0.458 e. The van der Waals surface area contributed by atoms with Crippen LogP contribution in [0.3, 0.4) is 0 Å². The van der Waals surface area contributed by atoms with Crippen LogP contribution in [0, 0.1) is 12.7 Å². The molecule has 45 heavy (non-hydrogen) atoms. The molecule has 1 amide bonds. The second-order valence-electron chi connectivity index (χ2n) is 12.4. The van der Waals surface area contributed by atoms with Gasteiger partial charge in [0.05, 0.1) is 40.3 Å². The number of ether oxygens (including phenoxy) is 2. The molecule has 2 aromatic heterocycles. The number of alkyl carbamates (subject to hydrolysis) is 1. The molecular weight excluding hydrogens is 636 g/mol. The number of nitrogens with one attached hydrogen (secondary N) is 1. The number of aliphatic hydroxyl groups is 1. The number of benzene rings is 1. The van der Waals surface area contributed by atoms with Crippen LogP contribution in [0.2, 0.25) is 0 Å². The molecule has 0 saturated heterocycles. The predicted molar refractivity (Wildman–Crippen MR) is 175 cm³/mol. The van der Waals surface area contributed by atoms with Crippen molar-refractivity contribution in [1.29, 1.82) is 0 Å². The molecule has 2 aliphatic carbocycles. The second-order valence-corrected chi connectivity index (χ2v) is 16.2. The normalized spacial score (nSPS) is 25.2. The maximum absolute atomic E-state index is 15.2. The van der Waals surface area contributed by atoms with E-state index in [0.717, 1.165) is 54.2 Å². The summed E-state index contributed by atoms with van der Waals surface area (Å²) in [5, 5.41) is 15.4. The Kier molecular flexibility index (Phi) is 8.16. The van der Waals surface area contributed by atoms with Crippen LogP contribution in [0.4, 0.5) is 9.18 Å². The fraction of sp³-hybridized carbons (Fsp3) is 0.500. The number of aryl methyl sites for hydroxylation is 1. The number of carbonyl (C=O) groups is 2. The zero-order chi connectivity index (χ0) is 31.6. The van der Waals surface area contributed by atoms with Gasteiger partial charge in [0.25, 0.3) is 5.56 Å². The average Bonchev–Trinajstić information content (AvgIpc) is 3.25. The van der Waals surface area contributed by atoms with Crippen LogP contribution in [0.15, 0.2) is 16.9 Å². The van der Waals surface area contributed by atoms with E-state index in [4.69, 9.17) is 14.5 Å². The van der Waals surface area contributed by atoms with Crippen LogP contribution in [0.1, 0.15) is 91.3 Å². The first kappa shape index (κ1) is 31.0. The van der Waals surface area contributed by atoms with Crippen LogP contribution in [-0.4, -0.2) is 38.1 Å². The summed E-state index contributed by atoms with van der Waals surface area (Å²) >= 11 is 0. The van der Waals surface area contributed by atoms with Crippen LogP contribution in [0.5, 0.6) is 0 Å². The number of rotatable bonds is 5. The number of carbonyl (C=O) groups excluding carboxylic acids is 2. The summed E-state index contributed by atoms with van der Waals surface area (Å²) in [6.45, 7) is 3.37. The van der Waals surface area contributed by atoms with Gasteiger partial charge in [0, 0.05) is 22.6 Å². The first-order chi connectivity index (χ1) is 21.7. The lowest BCUT2D eigenvalue weighted by Crippen LogP contribution is -2.44. The summed E-state index contributed by atoms with van der Waals surface area (Å²) in [5.74, 6) is -1.16. The summed E-state index contributed by atoms with van der Waals surface area (Å²) in [6, 6.07) is 2.61. The molecule has 238 valence electrons. The molecule has 0 spiro atoms. The van der Waals surface area contributed by atoms with E-state index < -0.39 is 23.7 Å². The lowest BCUT2D eigenvalue weighted by Gasteiger charge is -2.31. The van der Waals surface area contributed by atoms with Gasteiger partial charge in [-0.2, -0.15) is 0 Å². The van der Waals surface area contributed by atoms with Gasteiger partial charge in [0.15, 0.2) is 5.60 Å². The number of hydrogen-bond donors (Lipinski definition) is 2. The zero-order valence-corrected chi connectivity index (χ0v) is 27.9. The maximum atomic E-state index is 15.2. The molecule has 9 nitrogen and oxygen atoms in total. The van der Waals surface area contributed by atoms with Crippen molar-refractivity contribution in [2.24, 2.45) is 0 Å². The highest BCUT2D eigenvalue weighted by Gasteiger charge is 2.46. The molecular formula is C32H35FN3O6PS2. The Labute approximate surface area is 269 Å². The van der Waals surface area contributed by atoms with Crippen LogP contribution in [-0.2, 0) is 39.4 Å². The Morgan fingerprint density at radius 3 is 2.80 bits per heavy atom.